The van der Waals surface area contributed by atoms with Crippen LogP contribution in [0.5, 0.6) is 0 Å². The van der Waals surface area contributed by atoms with Gasteiger partial charge in [-0.2, -0.15) is 0 Å². The Morgan fingerprint density at radius 3 is 1.36 bits per heavy atom. The van der Waals surface area contributed by atoms with Gasteiger partial charge in [0.15, 0.2) is 0 Å². The van der Waals surface area contributed by atoms with Gasteiger partial charge in [-0.1, -0.05) is 0 Å². The van der Waals surface area contributed by atoms with E-state index in [0.29, 0.717) is 13.1 Å². The third kappa shape index (κ3) is 13.3. The summed E-state index contributed by atoms with van der Waals surface area (Å²) < 4.78 is 0. The zero-order valence-electron chi connectivity index (χ0n) is 6.71. The molecule has 5 heteroatoms. The summed E-state index contributed by atoms with van der Waals surface area (Å²) in [5.74, 6) is 0. The van der Waals surface area contributed by atoms with Crippen LogP contribution < -0.4 is 22.1 Å². The van der Waals surface area contributed by atoms with E-state index in [2.05, 4.69) is 10.6 Å². The van der Waals surface area contributed by atoms with Gasteiger partial charge in [-0.15, -0.1) is 0 Å². The monoisotopic (exact) mass is 204 g/mol. The third-order valence-electron chi connectivity index (χ3n) is 1.12. The van der Waals surface area contributed by atoms with Crippen LogP contribution in [0.25, 0.3) is 0 Å². The van der Waals surface area contributed by atoms with E-state index in [-0.39, 0.29) is 16.5 Å². The van der Waals surface area contributed by atoms with Crippen LogP contribution in [-0.4, -0.2) is 39.3 Å². The zero-order chi connectivity index (χ0) is 7.66. The van der Waals surface area contributed by atoms with Crippen molar-refractivity contribution in [1.29, 1.82) is 0 Å². The van der Waals surface area contributed by atoms with E-state index < -0.39 is 0 Å². The van der Waals surface area contributed by atoms with E-state index in [4.69, 9.17) is 11.5 Å². The van der Waals surface area contributed by atoms with E-state index in [9.17, 15) is 0 Å². The van der Waals surface area contributed by atoms with Gasteiger partial charge < -0.3 is 22.1 Å². The summed E-state index contributed by atoms with van der Waals surface area (Å²) in [6, 6.07) is 0. The van der Waals surface area contributed by atoms with Gasteiger partial charge in [0.2, 0.25) is 0 Å². The first-order valence-electron chi connectivity index (χ1n) is 3.73. The maximum Gasteiger partial charge on any atom is 0.00772 e. The minimum absolute atomic E-state index is 0. The van der Waals surface area contributed by atoms with Crippen LogP contribution in [0.1, 0.15) is 0 Å². The first-order chi connectivity index (χ1) is 4.91. The summed E-state index contributed by atoms with van der Waals surface area (Å²) in [6.45, 7) is 5.14. The van der Waals surface area contributed by atoms with Crippen molar-refractivity contribution in [1.82, 2.24) is 10.6 Å². The fraction of sp³-hybridized carbons (Fsp3) is 1.00. The summed E-state index contributed by atoms with van der Waals surface area (Å²) in [5.41, 5.74) is 10.5. The first-order valence-corrected chi connectivity index (χ1v) is 3.73. The molecule has 0 radical (unpaired) electrons. The summed E-state index contributed by atoms with van der Waals surface area (Å²) >= 11 is 0. The molecule has 0 rings (SSSR count). The first kappa shape index (κ1) is 13.9. The molecule has 0 aromatic rings. The topological polar surface area (TPSA) is 76.1 Å². The van der Waals surface area contributed by atoms with Crippen LogP contribution in [0.3, 0.4) is 0 Å². The molecule has 11 heavy (non-hydrogen) atoms. The van der Waals surface area contributed by atoms with Gasteiger partial charge in [0, 0.05) is 55.8 Å². The second-order valence-electron chi connectivity index (χ2n) is 2.08. The van der Waals surface area contributed by atoms with Crippen molar-refractivity contribution >= 4 is 0 Å². The van der Waals surface area contributed by atoms with Gasteiger partial charge >= 0.3 is 0 Å². The van der Waals surface area contributed by atoms with Crippen LogP contribution in [0.15, 0.2) is 0 Å². The molecule has 6 N–H and O–H groups in total. The fourth-order valence-electron chi connectivity index (χ4n) is 0.631. The Labute approximate surface area is 78.4 Å². The van der Waals surface area contributed by atoms with Gasteiger partial charge in [-0.3, -0.25) is 0 Å². The molecule has 0 heterocycles. The molecule has 0 unspecified atom stereocenters. The van der Waals surface area contributed by atoms with Crippen LogP contribution >= 0.6 is 0 Å². The predicted molar refractivity (Wildman–Crippen MR) is 43.8 cm³/mol. The van der Waals surface area contributed by atoms with E-state index in [0.717, 1.165) is 26.2 Å². The molecule has 0 fully saturated rings. The molecule has 4 nitrogen and oxygen atoms in total. The SMILES string of the molecule is NCCNCCNCCN.[Ni]. The molecule has 0 aliphatic heterocycles. The normalized spacial score (nSPS) is 9.27. The molecule has 0 amide bonds. The molecule has 0 saturated heterocycles. The summed E-state index contributed by atoms with van der Waals surface area (Å²) in [7, 11) is 0. The van der Waals surface area contributed by atoms with Crippen molar-refractivity contribution in [2.45, 2.75) is 0 Å². The minimum atomic E-state index is 0. The average Bonchev–Trinajstić information content (AvgIpc) is 1.97. The van der Waals surface area contributed by atoms with Crippen molar-refractivity contribution < 1.29 is 16.5 Å². The zero-order valence-corrected chi connectivity index (χ0v) is 7.70. The quantitative estimate of drug-likeness (QED) is 0.288. The molecular weight excluding hydrogens is 187 g/mol. The van der Waals surface area contributed by atoms with Crippen molar-refractivity contribution in [3.05, 3.63) is 0 Å². The maximum absolute atomic E-state index is 5.27. The van der Waals surface area contributed by atoms with Gasteiger partial charge in [0.05, 0.1) is 0 Å². The molecule has 0 atom stereocenters. The number of hydrogen-bond donors (Lipinski definition) is 4. The standard InChI is InChI=1S/C6H18N4.Ni/c7-1-3-9-5-6-10-4-2-8;/h9-10H,1-8H2;. The number of hydrogen-bond acceptors (Lipinski definition) is 4. The number of nitrogens with one attached hydrogen (secondary N) is 2. The third-order valence-corrected chi connectivity index (χ3v) is 1.12. The molecule has 0 aromatic carbocycles. The predicted octanol–water partition coefficient (Wildman–Crippen LogP) is -1.92. The summed E-state index contributed by atoms with van der Waals surface area (Å²) in [4.78, 5) is 0. The Morgan fingerprint density at radius 2 is 1.09 bits per heavy atom. The van der Waals surface area contributed by atoms with Crippen molar-refractivity contribution in [3.8, 4) is 0 Å². The molecule has 0 spiro atoms. The van der Waals surface area contributed by atoms with E-state index in [1.807, 2.05) is 0 Å². The number of nitrogens with two attached hydrogens (primary N) is 2. The molecule has 0 aliphatic rings. The van der Waals surface area contributed by atoms with Gasteiger partial charge in [0.1, 0.15) is 0 Å². The van der Waals surface area contributed by atoms with Crippen molar-refractivity contribution in [3.63, 3.8) is 0 Å². The molecule has 0 bridgehead atoms. The summed E-state index contributed by atoms with van der Waals surface area (Å²) in [5, 5.41) is 6.33. The Morgan fingerprint density at radius 1 is 0.727 bits per heavy atom. The van der Waals surface area contributed by atoms with E-state index in [1.165, 1.54) is 0 Å². The van der Waals surface area contributed by atoms with E-state index in [1.54, 1.807) is 0 Å². The van der Waals surface area contributed by atoms with Gasteiger partial charge in [-0.05, 0) is 0 Å². The molecule has 0 aromatic heterocycles. The minimum Gasteiger partial charge on any atom is -0.329 e. The number of rotatable bonds is 7. The van der Waals surface area contributed by atoms with Gasteiger partial charge in [0.25, 0.3) is 0 Å². The van der Waals surface area contributed by atoms with Crippen LogP contribution in [0.4, 0.5) is 0 Å². The maximum atomic E-state index is 5.27. The van der Waals surface area contributed by atoms with E-state index >= 15 is 0 Å². The fourth-order valence-corrected chi connectivity index (χ4v) is 0.631. The Balaban J connectivity index is 0. The van der Waals surface area contributed by atoms with Crippen LogP contribution in [0, 0.1) is 0 Å². The molecule has 0 saturated carbocycles. The second kappa shape index (κ2) is 13.0. The molecule has 0 aliphatic carbocycles. The molecular formula is C6H18N4Ni. The Kier molecular flexibility index (Phi) is 16.4. The van der Waals surface area contributed by atoms with Crippen molar-refractivity contribution in [2.75, 3.05) is 39.3 Å². The van der Waals surface area contributed by atoms with Crippen LogP contribution in [0.2, 0.25) is 0 Å². The molecule has 72 valence electrons. The van der Waals surface area contributed by atoms with Crippen molar-refractivity contribution in [2.24, 2.45) is 11.5 Å². The van der Waals surface area contributed by atoms with Gasteiger partial charge in [-0.25, -0.2) is 0 Å². The average molecular weight is 205 g/mol. The van der Waals surface area contributed by atoms with Crippen LogP contribution in [-0.2, 0) is 16.5 Å². The smallest absolute Gasteiger partial charge is 0.00772 e. The Hall–Kier alpha value is 0.334. The summed E-state index contributed by atoms with van der Waals surface area (Å²) in [6.07, 6.45) is 0. The largest absolute Gasteiger partial charge is 0.329 e. The second-order valence-corrected chi connectivity index (χ2v) is 2.08. The Bertz CT molecular complexity index is 54.5.